The van der Waals surface area contributed by atoms with Gasteiger partial charge in [-0.05, 0) is 81.1 Å². The summed E-state index contributed by atoms with van der Waals surface area (Å²) in [7, 11) is -0.0447. The summed E-state index contributed by atoms with van der Waals surface area (Å²) >= 11 is 0. The number of sulfone groups is 1. The maximum Gasteiger partial charge on any atom is 0.264 e. The van der Waals surface area contributed by atoms with E-state index >= 15 is 0 Å². The first-order chi connectivity index (χ1) is 18.9. The van der Waals surface area contributed by atoms with Gasteiger partial charge in [0.1, 0.15) is 5.82 Å². The first-order valence-electron chi connectivity index (χ1n) is 13.2. The molecule has 40 heavy (non-hydrogen) atoms. The number of hydroxylamine groups is 1. The van der Waals surface area contributed by atoms with Crippen LogP contribution in [0.4, 0.5) is 4.39 Å². The predicted molar refractivity (Wildman–Crippen MR) is 152 cm³/mol. The van der Waals surface area contributed by atoms with Crippen molar-refractivity contribution in [3.63, 3.8) is 0 Å². The van der Waals surface area contributed by atoms with Crippen LogP contribution >= 0.6 is 0 Å². The molecule has 2 atom stereocenters. The second-order valence-corrected chi connectivity index (χ2v) is 13.2. The number of aromatic nitrogens is 1. The highest BCUT2D eigenvalue weighted by Gasteiger charge is 2.44. The van der Waals surface area contributed by atoms with E-state index in [1.165, 1.54) is 17.6 Å². The third-order valence-electron chi connectivity index (χ3n) is 7.37. The quantitative estimate of drug-likeness (QED) is 0.369. The van der Waals surface area contributed by atoms with Crippen molar-refractivity contribution in [1.82, 2.24) is 14.9 Å². The molecule has 2 heterocycles. The van der Waals surface area contributed by atoms with Crippen molar-refractivity contribution in [3.8, 4) is 11.1 Å². The lowest BCUT2D eigenvalue weighted by molar-refractivity contribution is -0.201. The van der Waals surface area contributed by atoms with Crippen LogP contribution in [0.15, 0.2) is 53.5 Å². The van der Waals surface area contributed by atoms with Crippen LogP contribution in [0.5, 0.6) is 0 Å². The molecule has 0 bridgehead atoms. The fraction of sp³-hybridized carbons (Fsp3) is 0.448. The van der Waals surface area contributed by atoms with E-state index in [0.717, 1.165) is 24.7 Å². The number of ether oxygens (including phenoxy) is 1. The summed E-state index contributed by atoms with van der Waals surface area (Å²) < 4.78 is 45.2. The molecule has 1 saturated heterocycles. The SMILES string of the molecule is CN(C)Cc1ccc(-c2ccc3c(=O)n(CCC(C)(C(=O)NOC4CCCCO4)S(C)(=O)=O)ccc3c2)c(F)c1. The summed E-state index contributed by atoms with van der Waals surface area (Å²) in [5.41, 5.74) is 3.85. The second-order valence-electron chi connectivity index (χ2n) is 10.8. The first kappa shape index (κ1) is 29.9. The average molecular weight is 574 g/mol. The molecular formula is C29H36FN3O6S. The number of nitrogens with one attached hydrogen (secondary N) is 1. The molecule has 1 aliphatic heterocycles. The fourth-order valence-corrected chi connectivity index (χ4v) is 5.56. The highest BCUT2D eigenvalue weighted by Crippen LogP contribution is 2.27. The summed E-state index contributed by atoms with van der Waals surface area (Å²) in [5.74, 6) is -1.16. The average Bonchev–Trinajstić information content (AvgIpc) is 2.90. The van der Waals surface area contributed by atoms with E-state index in [-0.39, 0.29) is 24.3 Å². The Bertz CT molecular complexity index is 1550. The monoisotopic (exact) mass is 573 g/mol. The molecule has 0 aliphatic carbocycles. The number of pyridine rings is 1. The number of rotatable bonds is 10. The smallest absolute Gasteiger partial charge is 0.264 e. The molecule has 1 amide bonds. The molecule has 2 unspecified atom stereocenters. The molecule has 9 nitrogen and oxygen atoms in total. The number of aryl methyl sites for hydroxylation is 1. The molecule has 0 radical (unpaired) electrons. The van der Waals surface area contributed by atoms with Crippen molar-refractivity contribution < 1.29 is 27.2 Å². The molecule has 1 fully saturated rings. The van der Waals surface area contributed by atoms with E-state index in [4.69, 9.17) is 9.57 Å². The topological polar surface area (TPSA) is 107 Å². The van der Waals surface area contributed by atoms with Crippen LogP contribution in [-0.2, 0) is 37.3 Å². The third-order valence-corrected chi connectivity index (χ3v) is 9.40. The van der Waals surface area contributed by atoms with Crippen LogP contribution in [0.1, 0.15) is 38.2 Å². The number of carbonyl (C=O) groups is 1. The minimum Gasteiger partial charge on any atom is -0.350 e. The van der Waals surface area contributed by atoms with Crippen molar-refractivity contribution in [2.75, 3.05) is 27.0 Å². The predicted octanol–water partition coefficient (Wildman–Crippen LogP) is 3.64. The number of halogens is 1. The standard InChI is InChI=1S/C29H36FN3O6S/c1-29(40(4,36)37,28(35)31-39-26-7-5-6-16-38-26)13-15-33-14-12-22-18-21(9-11-24(22)27(33)34)23-10-8-20(17-25(23)30)19-32(2)3/h8-12,14,17-18,26H,5-7,13,15-16,19H2,1-4H3,(H,31,35). The number of nitrogens with zero attached hydrogens (tertiary/aromatic N) is 2. The molecule has 0 saturated carbocycles. The molecule has 4 rings (SSSR count). The van der Waals surface area contributed by atoms with Gasteiger partial charge in [0.25, 0.3) is 11.5 Å². The molecule has 1 aliphatic rings. The number of amides is 1. The lowest BCUT2D eigenvalue weighted by Gasteiger charge is -2.28. The lowest BCUT2D eigenvalue weighted by atomic mass is 10.00. The zero-order chi connectivity index (χ0) is 29.1. The van der Waals surface area contributed by atoms with Crippen molar-refractivity contribution in [3.05, 3.63) is 70.4 Å². The zero-order valence-corrected chi connectivity index (χ0v) is 24.1. The van der Waals surface area contributed by atoms with Crippen molar-refractivity contribution in [2.24, 2.45) is 0 Å². The highest BCUT2D eigenvalue weighted by atomic mass is 32.2. The summed E-state index contributed by atoms with van der Waals surface area (Å²) in [6.45, 7) is 2.43. The molecular weight excluding hydrogens is 537 g/mol. The van der Waals surface area contributed by atoms with E-state index in [9.17, 15) is 22.4 Å². The minimum absolute atomic E-state index is 0.0184. The Kier molecular flexibility index (Phi) is 9.09. The van der Waals surface area contributed by atoms with Gasteiger partial charge in [0, 0.05) is 49.5 Å². The lowest BCUT2D eigenvalue weighted by Crippen LogP contribution is -2.51. The Morgan fingerprint density at radius 2 is 1.98 bits per heavy atom. The zero-order valence-electron chi connectivity index (χ0n) is 23.3. The van der Waals surface area contributed by atoms with Crippen molar-refractivity contribution in [1.29, 1.82) is 0 Å². The Morgan fingerprint density at radius 1 is 1.20 bits per heavy atom. The Morgan fingerprint density at radius 3 is 2.62 bits per heavy atom. The number of fused-ring (bicyclic) bond motifs is 1. The molecule has 1 aromatic heterocycles. The van der Waals surface area contributed by atoms with Gasteiger partial charge in [-0.15, -0.1) is 0 Å². The van der Waals surface area contributed by atoms with Crippen LogP contribution in [-0.4, -0.2) is 61.8 Å². The van der Waals surface area contributed by atoms with Gasteiger partial charge in [0.15, 0.2) is 20.9 Å². The van der Waals surface area contributed by atoms with Gasteiger partial charge in [-0.1, -0.05) is 18.2 Å². The molecule has 3 aromatic rings. The summed E-state index contributed by atoms with van der Waals surface area (Å²) in [6.07, 6.45) is 4.14. The largest absolute Gasteiger partial charge is 0.350 e. The first-order valence-corrected chi connectivity index (χ1v) is 15.1. The van der Waals surface area contributed by atoms with E-state index in [2.05, 4.69) is 5.48 Å². The maximum absolute atomic E-state index is 14.9. The van der Waals surface area contributed by atoms with Crippen LogP contribution in [0, 0.1) is 5.82 Å². The molecule has 0 spiro atoms. The third kappa shape index (κ3) is 6.60. The fourth-order valence-electron chi connectivity index (χ4n) is 4.72. The highest BCUT2D eigenvalue weighted by molar-refractivity contribution is 7.92. The molecule has 216 valence electrons. The second kappa shape index (κ2) is 12.2. The number of benzene rings is 2. The van der Waals surface area contributed by atoms with Gasteiger partial charge in [-0.25, -0.2) is 23.1 Å². The van der Waals surface area contributed by atoms with Gasteiger partial charge >= 0.3 is 0 Å². The van der Waals surface area contributed by atoms with E-state index in [1.807, 2.05) is 25.1 Å². The molecule has 2 aromatic carbocycles. The van der Waals surface area contributed by atoms with Crippen molar-refractivity contribution in [2.45, 2.75) is 56.7 Å². The summed E-state index contributed by atoms with van der Waals surface area (Å²) in [6, 6.07) is 11.9. The number of hydrogen-bond acceptors (Lipinski definition) is 7. The Hall–Kier alpha value is -3.12. The number of hydrogen-bond donors (Lipinski definition) is 1. The maximum atomic E-state index is 14.9. The normalized spacial score (nSPS) is 17.6. The van der Waals surface area contributed by atoms with Crippen molar-refractivity contribution >= 4 is 26.5 Å². The van der Waals surface area contributed by atoms with Crippen LogP contribution < -0.4 is 11.0 Å². The summed E-state index contributed by atoms with van der Waals surface area (Å²) in [5, 5.41) is 1.03. The van der Waals surface area contributed by atoms with Gasteiger partial charge < -0.3 is 14.2 Å². The van der Waals surface area contributed by atoms with E-state index in [0.29, 0.717) is 41.5 Å². The van der Waals surface area contributed by atoms with Crippen LogP contribution in [0.3, 0.4) is 0 Å². The van der Waals surface area contributed by atoms with Crippen LogP contribution in [0.25, 0.3) is 21.9 Å². The van der Waals surface area contributed by atoms with Gasteiger partial charge in [0.05, 0.1) is 0 Å². The minimum atomic E-state index is -3.88. The van der Waals surface area contributed by atoms with Gasteiger partial charge in [-0.3, -0.25) is 9.59 Å². The molecule has 1 N–H and O–H groups in total. The number of carbonyl (C=O) groups excluding carboxylic acids is 1. The molecule has 11 heteroatoms. The summed E-state index contributed by atoms with van der Waals surface area (Å²) in [4.78, 5) is 33.5. The van der Waals surface area contributed by atoms with E-state index < -0.39 is 26.8 Å². The van der Waals surface area contributed by atoms with Gasteiger partial charge in [0.2, 0.25) is 0 Å². The van der Waals surface area contributed by atoms with Gasteiger partial charge in [-0.2, -0.15) is 0 Å². The Labute approximate surface area is 233 Å². The van der Waals surface area contributed by atoms with Crippen LogP contribution in [0.2, 0.25) is 0 Å². The Balaban J connectivity index is 1.53. The van der Waals surface area contributed by atoms with E-state index in [1.54, 1.807) is 36.5 Å².